The number of aryl methyl sites for hydroxylation is 1. The lowest BCUT2D eigenvalue weighted by Crippen LogP contribution is -2.04. The Hall–Kier alpha value is -2.83. The molecule has 1 N–H and O–H groups in total. The van der Waals surface area contributed by atoms with Crippen molar-refractivity contribution in [1.29, 1.82) is 0 Å². The van der Waals surface area contributed by atoms with Crippen molar-refractivity contribution in [3.8, 4) is 11.3 Å². The van der Waals surface area contributed by atoms with Gasteiger partial charge in [0.15, 0.2) is 0 Å². The summed E-state index contributed by atoms with van der Waals surface area (Å²) in [6.45, 7) is 2.67. The van der Waals surface area contributed by atoms with Crippen LogP contribution in [0.5, 0.6) is 0 Å². The summed E-state index contributed by atoms with van der Waals surface area (Å²) < 4.78 is 39.6. The lowest BCUT2D eigenvalue weighted by atomic mass is 10.1. The van der Waals surface area contributed by atoms with Crippen LogP contribution in [0.2, 0.25) is 0 Å². The SMILES string of the molecule is CCn1cc(-c2ccccc2Nc2ccc(C(F)(F)F)cc2)nn1. The minimum Gasteiger partial charge on any atom is -0.355 e. The van der Waals surface area contributed by atoms with Gasteiger partial charge in [0.2, 0.25) is 0 Å². The van der Waals surface area contributed by atoms with Gasteiger partial charge in [-0.15, -0.1) is 5.10 Å². The van der Waals surface area contributed by atoms with Crippen LogP contribution in [0.3, 0.4) is 0 Å². The second-order valence-corrected chi connectivity index (χ2v) is 5.21. The van der Waals surface area contributed by atoms with E-state index in [1.54, 1.807) is 4.68 Å². The maximum absolute atomic E-state index is 12.6. The number of hydrogen-bond acceptors (Lipinski definition) is 3. The Bertz CT molecular complexity index is 822. The Morgan fingerprint density at radius 3 is 2.38 bits per heavy atom. The van der Waals surface area contributed by atoms with Crippen molar-refractivity contribution in [3.63, 3.8) is 0 Å². The van der Waals surface area contributed by atoms with Crippen LogP contribution >= 0.6 is 0 Å². The molecule has 24 heavy (non-hydrogen) atoms. The average Bonchev–Trinajstić information content (AvgIpc) is 3.04. The first-order valence-corrected chi connectivity index (χ1v) is 7.41. The van der Waals surface area contributed by atoms with Crippen LogP contribution in [-0.4, -0.2) is 15.0 Å². The van der Waals surface area contributed by atoms with Gasteiger partial charge in [-0.05, 0) is 37.3 Å². The predicted molar refractivity (Wildman–Crippen MR) is 85.9 cm³/mol. The fourth-order valence-electron chi connectivity index (χ4n) is 2.29. The summed E-state index contributed by atoms with van der Waals surface area (Å²) in [6.07, 6.45) is -2.51. The van der Waals surface area contributed by atoms with Gasteiger partial charge in [0.05, 0.1) is 11.8 Å². The Morgan fingerprint density at radius 2 is 1.75 bits per heavy atom. The highest BCUT2D eigenvalue weighted by molar-refractivity contribution is 5.78. The van der Waals surface area contributed by atoms with Gasteiger partial charge in [0.1, 0.15) is 5.69 Å². The molecule has 2 aromatic carbocycles. The van der Waals surface area contributed by atoms with Gasteiger partial charge in [-0.1, -0.05) is 23.4 Å². The van der Waals surface area contributed by atoms with Crippen molar-refractivity contribution in [2.24, 2.45) is 0 Å². The number of halogens is 3. The third-order valence-corrected chi connectivity index (χ3v) is 3.56. The van der Waals surface area contributed by atoms with Gasteiger partial charge in [-0.3, -0.25) is 4.68 Å². The fourth-order valence-corrected chi connectivity index (χ4v) is 2.29. The monoisotopic (exact) mass is 332 g/mol. The van der Waals surface area contributed by atoms with Gasteiger partial charge >= 0.3 is 6.18 Å². The van der Waals surface area contributed by atoms with Gasteiger partial charge in [-0.25, -0.2) is 0 Å². The molecule has 0 atom stereocenters. The predicted octanol–water partition coefficient (Wildman–Crippen LogP) is 4.73. The Kier molecular flexibility index (Phi) is 4.24. The van der Waals surface area contributed by atoms with E-state index in [0.29, 0.717) is 17.9 Å². The van der Waals surface area contributed by atoms with E-state index in [4.69, 9.17) is 0 Å². The second-order valence-electron chi connectivity index (χ2n) is 5.21. The van der Waals surface area contributed by atoms with Crippen molar-refractivity contribution in [2.75, 3.05) is 5.32 Å². The molecule has 1 heterocycles. The maximum Gasteiger partial charge on any atom is 0.416 e. The fraction of sp³-hybridized carbons (Fsp3) is 0.176. The number of alkyl halides is 3. The second kappa shape index (κ2) is 6.35. The number of nitrogens with one attached hydrogen (secondary N) is 1. The quantitative estimate of drug-likeness (QED) is 0.751. The lowest BCUT2D eigenvalue weighted by molar-refractivity contribution is -0.137. The number of nitrogens with zero attached hydrogens (tertiary/aromatic N) is 3. The average molecular weight is 332 g/mol. The molecule has 1 aromatic heterocycles. The van der Waals surface area contributed by atoms with Gasteiger partial charge < -0.3 is 5.32 Å². The zero-order valence-electron chi connectivity index (χ0n) is 12.9. The smallest absolute Gasteiger partial charge is 0.355 e. The zero-order valence-corrected chi connectivity index (χ0v) is 12.9. The molecule has 4 nitrogen and oxygen atoms in total. The first-order chi connectivity index (χ1) is 11.5. The van der Waals surface area contributed by atoms with Crippen molar-refractivity contribution in [3.05, 3.63) is 60.3 Å². The third-order valence-electron chi connectivity index (χ3n) is 3.56. The van der Waals surface area contributed by atoms with Crippen molar-refractivity contribution in [2.45, 2.75) is 19.6 Å². The molecule has 0 aliphatic heterocycles. The minimum absolute atomic E-state index is 0.568. The van der Waals surface area contributed by atoms with E-state index < -0.39 is 11.7 Å². The van der Waals surface area contributed by atoms with Gasteiger partial charge in [0.25, 0.3) is 0 Å². The van der Waals surface area contributed by atoms with E-state index in [-0.39, 0.29) is 0 Å². The minimum atomic E-state index is -4.34. The molecule has 0 bridgehead atoms. The molecule has 3 rings (SSSR count). The highest BCUT2D eigenvalue weighted by atomic mass is 19.4. The molecule has 0 amide bonds. The summed E-state index contributed by atoms with van der Waals surface area (Å²) in [5, 5.41) is 11.3. The molecule has 0 spiro atoms. The Balaban J connectivity index is 1.88. The van der Waals surface area contributed by atoms with Crippen LogP contribution in [0.4, 0.5) is 24.5 Å². The van der Waals surface area contributed by atoms with Crippen LogP contribution in [0.15, 0.2) is 54.7 Å². The topological polar surface area (TPSA) is 42.7 Å². The van der Waals surface area contributed by atoms with E-state index in [2.05, 4.69) is 15.6 Å². The highest BCUT2D eigenvalue weighted by Gasteiger charge is 2.29. The zero-order chi connectivity index (χ0) is 17.2. The molecular formula is C17H15F3N4. The first-order valence-electron chi connectivity index (χ1n) is 7.41. The molecule has 0 unspecified atom stereocenters. The maximum atomic E-state index is 12.6. The van der Waals surface area contributed by atoms with Crippen LogP contribution in [0.1, 0.15) is 12.5 Å². The van der Waals surface area contributed by atoms with E-state index >= 15 is 0 Å². The van der Waals surface area contributed by atoms with Gasteiger partial charge in [0, 0.05) is 23.5 Å². The molecule has 0 aliphatic rings. The number of aromatic nitrogens is 3. The van der Waals surface area contributed by atoms with Crippen LogP contribution in [0, 0.1) is 0 Å². The Morgan fingerprint density at radius 1 is 1.04 bits per heavy atom. The largest absolute Gasteiger partial charge is 0.416 e. The van der Waals surface area contributed by atoms with Crippen LogP contribution in [-0.2, 0) is 12.7 Å². The molecule has 0 radical (unpaired) electrons. The first kappa shape index (κ1) is 16.0. The van der Waals surface area contributed by atoms with Crippen LogP contribution < -0.4 is 5.32 Å². The number of rotatable bonds is 4. The molecule has 0 aliphatic carbocycles. The molecule has 3 aromatic rings. The summed E-state index contributed by atoms with van der Waals surface area (Å²) in [4.78, 5) is 0. The van der Waals surface area contributed by atoms with E-state index in [1.807, 2.05) is 37.4 Å². The summed E-state index contributed by atoms with van der Waals surface area (Å²) >= 11 is 0. The van der Waals surface area contributed by atoms with Crippen molar-refractivity contribution in [1.82, 2.24) is 15.0 Å². The highest BCUT2D eigenvalue weighted by Crippen LogP contribution is 2.32. The number of anilines is 2. The standard InChI is InChI=1S/C17H15F3N4/c1-2-24-11-16(22-23-24)14-5-3-4-6-15(14)21-13-9-7-12(8-10-13)17(18,19)20/h3-11,21H,2H2,1H3. The van der Waals surface area contributed by atoms with Crippen molar-refractivity contribution < 1.29 is 13.2 Å². The Labute approximate surface area is 136 Å². The molecule has 0 saturated heterocycles. The molecule has 124 valence electrons. The van der Waals surface area contributed by atoms with Crippen LogP contribution in [0.25, 0.3) is 11.3 Å². The van der Waals surface area contributed by atoms with E-state index in [0.717, 1.165) is 23.4 Å². The molecule has 0 fully saturated rings. The molecule has 7 heteroatoms. The summed E-state index contributed by atoms with van der Waals surface area (Å²) in [6, 6.07) is 12.4. The van der Waals surface area contributed by atoms with Crippen molar-refractivity contribution >= 4 is 11.4 Å². The molecular weight excluding hydrogens is 317 g/mol. The molecule has 0 saturated carbocycles. The number of para-hydroxylation sites is 1. The summed E-state index contributed by atoms with van der Waals surface area (Å²) in [5.41, 5.74) is 2.18. The van der Waals surface area contributed by atoms with E-state index in [9.17, 15) is 13.2 Å². The van der Waals surface area contributed by atoms with Gasteiger partial charge in [-0.2, -0.15) is 13.2 Å². The summed E-state index contributed by atoms with van der Waals surface area (Å²) in [7, 11) is 0. The third kappa shape index (κ3) is 3.40. The number of benzene rings is 2. The normalized spacial score (nSPS) is 11.5. The number of hydrogen-bond donors (Lipinski definition) is 1. The lowest BCUT2D eigenvalue weighted by Gasteiger charge is -2.12. The summed E-state index contributed by atoms with van der Waals surface area (Å²) in [5.74, 6) is 0. The van der Waals surface area contributed by atoms with E-state index in [1.165, 1.54) is 12.1 Å².